The maximum absolute atomic E-state index is 11.1. The first-order valence-electron chi connectivity index (χ1n) is 6.23. The molecular weight excluding hydrogens is 318 g/mol. The second kappa shape index (κ2) is 6.57. The molecule has 0 fully saturated rings. The molecule has 0 saturated carbocycles. The molecule has 0 atom stereocenters. The van der Waals surface area contributed by atoms with E-state index in [2.05, 4.69) is 20.8 Å². The van der Waals surface area contributed by atoms with E-state index in [9.17, 15) is 4.79 Å². The van der Waals surface area contributed by atoms with Gasteiger partial charge in [-0.15, -0.1) is 0 Å². The summed E-state index contributed by atoms with van der Waals surface area (Å²) in [5.74, 6) is 0.840. The van der Waals surface area contributed by atoms with Crippen LogP contribution in [0, 0.1) is 0 Å². The summed E-state index contributed by atoms with van der Waals surface area (Å²) >= 11 is 3.44. The predicted molar refractivity (Wildman–Crippen MR) is 84.6 cm³/mol. The van der Waals surface area contributed by atoms with Gasteiger partial charge in [0, 0.05) is 29.3 Å². The van der Waals surface area contributed by atoms with Crippen LogP contribution in [0.25, 0.3) is 0 Å². The molecule has 0 aromatic heterocycles. The lowest BCUT2D eigenvalue weighted by Crippen LogP contribution is -2.17. The number of halogens is 1. The summed E-state index contributed by atoms with van der Waals surface area (Å²) in [5, 5.41) is 0. The fourth-order valence-corrected chi connectivity index (χ4v) is 2.39. The Morgan fingerprint density at radius 1 is 1.20 bits per heavy atom. The number of methoxy groups -OCH3 is 1. The van der Waals surface area contributed by atoms with Gasteiger partial charge in [0.2, 0.25) is 0 Å². The monoisotopic (exact) mass is 333 g/mol. The van der Waals surface area contributed by atoms with Crippen LogP contribution in [0.1, 0.15) is 15.9 Å². The largest absolute Gasteiger partial charge is 0.497 e. The first kappa shape index (κ1) is 14.6. The molecule has 0 aliphatic carbocycles. The molecule has 2 aromatic carbocycles. The number of nitrogens with zero attached hydrogens (tertiary/aromatic N) is 1. The summed E-state index contributed by atoms with van der Waals surface area (Å²) in [6, 6.07) is 13.6. The molecule has 2 rings (SSSR count). The lowest BCUT2D eigenvalue weighted by Gasteiger charge is -2.21. The Labute approximate surface area is 127 Å². The van der Waals surface area contributed by atoms with Crippen LogP contribution in [0.5, 0.6) is 5.75 Å². The van der Waals surface area contributed by atoms with Gasteiger partial charge < -0.3 is 9.64 Å². The Morgan fingerprint density at radius 3 is 2.50 bits per heavy atom. The SMILES string of the molecule is COc1ccc(CN(C)c2cc(Br)ccc2C=O)cc1. The van der Waals surface area contributed by atoms with Gasteiger partial charge in [0.1, 0.15) is 5.75 Å². The van der Waals surface area contributed by atoms with Crippen molar-refractivity contribution in [3.8, 4) is 5.75 Å². The Balaban J connectivity index is 2.20. The van der Waals surface area contributed by atoms with Crippen molar-refractivity contribution in [2.24, 2.45) is 0 Å². The van der Waals surface area contributed by atoms with Crippen LogP contribution in [0.2, 0.25) is 0 Å². The highest BCUT2D eigenvalue weighted by Gasteiger charge is 2.08. The molecule has 104 valence electrons. The van der Waals surface area contributed by atoms with Crippen molar-refractivity contribution in [1.29, 1.82) is 0 Å². The van der Waals surface area contributed by atoms with Gasteiger partial charge in [0.15, 0.2) is 6.29 Å². The summed E-state index contributed by atoms with van der Waals surface area (Å²) in [7, 11) is 3.62. The van der Waals surface area contributed by atoms with E-state index < -0.39 is 0 Å². The van der Waals surface area contributed by atoms with E-state index in [4.69, 9.17) is 4.74 Å². The maximum atomic E-state index is 11.1. The molecule has 0 unspecified atom stereocenters. The smallest absolute Gasteiger partial charge is 0.152 e. The van der Waals surface area contributed by atoms with Gasteiger partial charge in [-0.2, -0.15) is 0 Å². The molecule has 0 saturated heterocycles. The van der Waals surface area contributed by atoms with Gasteiger partial charge in [-0.05, 0) is 35.9 Å². The Hall–Kier alpha value is -1.81. The van der Waals surface area contributed by atoms with Crippen LogP contribution in [-0.2, 0) is 6.54 Å². The number of hydrogen-bond acceptors (Lipinski definition) is 3. The lowest BCUT2D eigenvalue weighted by molar-refractivity contribution is 0.112. The highest BCUT2D eigenvalue weighted by atomic mass is 79.9. The lowest BCUT2D eigenvalue weighted by atomic mass is 10.1. The fraction of sp³-hybridized carbons (Fsp3) is 0.188. The summed E-state index contributed by atoms with van der Waals surface area (Å²) in [5.41, 5.74) is 2.75. The highest BCUT2D eigenvalue weighted by molar-refractivity contribution is 9.10. The molecule has 0 aliphatic heterocycles. The topological polar surface area (TPSA) is 29.5 Å². The molecule has 0 amide bonds. The normalized spacial score (nSPS) is 10.2. The van der Waals surface area contributed by atoms with Crippen LogP contribution < -0.4 is 9.64 Å². The van der Waals surface area contributed by atoms with Gasteiger partial charge in [0.25, 0.3) is 0 Å². The van der Waals surface area contributed by atoms with Gasteiger partial charge >= 0.3 is 0 Å². The fourth-order valence-electron chi connectivity index (χ4n) is 2.04. The molecule has 0 bridgehead atoms. The first-order chi connectivity index (χ1) is 9.63. The number of anilines is 1. The van der Waals surface area contributed by atoms with Crippen molar-refractivity contribution < 1.29 is 9.53 Å². The van der Waals surface area contributed by atoms with Crippen molar-refractivity contribution in [3.05, 3.63) is 58.1 Å². The average Bonchev–Trinajstić information content (AvgIpc) is 2.48. The Kier molecular flexibility index (Phi) is 4.79. The standard InChI is InChI=1S/C16H16BrNO2/c1-18(10-12-3-7-15(20-2)8-4-12)16-9-14(17)6-5-13(16)11-19/h3-9,11H,10H2,1-2H3. The van der Waals surface area contributed by atoms with E-state index >= 15 is 0 Å². The van der Waals surface area contributed by atoms with Crippen LogP contribution in [0.15, 0.2) is 46.9 Å². The van der Waals surface area contributed by atoms with E-state index in [-0.39, 0.29) is 0 Å². The minimum atomic E-state index is 0.684. The number of carbonyl (C=O) groups excluding carboxylic acids is 1. The summed E-state index contributed by atoms with van der Waals surface area (Å²) in [6.07, 6.45) is 0.881. The first-order valence-corrected chi connectivity index (χ1v) is 7.02. The third-order valence-electron chi connectivity index (χ3n) is 3.11. The number of hydrogen-bond donors (Lipinski definition) is 0. The van der Waals surface area contributed by atoms with Crippen molar-refractivity contribution in [1.82, 2.24) is 0 Å². The summed E-state index contributed by atoms with van der Waals surface area (Å²) in [4.78, 5) is 13.2. The van der Waals surface area contributed by atoms with Crippen molar-refractivity contribution in [2.45, 2.75) is 6.54 Å². The molecule has 0 spiro atoms. The zero-order valence-electron chi connectivity index (χ0n) is 11.5. The Morgan fingerprint density at radius 2 is 1.90 bits per heavy atom. The van der Waals surface area contributed by atoms with Crippen LogP contribution in [-0.4, -0.2) is 20.4 Å². The van der Waals surface area contributed by atoms with E-state index in [0.29, 0.717) is 5.56 Å². The number of carbonyl (C=O) groups is 1. The van der Waals surface area contributed by atoms with Crippen LogP contribution in [0.3, 0.4) is 0 Å². The van der Waals surface area contributed by atoms with Crippen molar-refractivity contribution in [2.75, 3.05) is 19.1 Å². The minimum Gasteiger partial charge on any atom is -0.497 e. The summed E-state index contributed by atoms with van der Waals surface area (Å²) < 4.78 is 6.10. The molecule has 3 nitrogen and oxygen atoms in total. The molecular formula is C16H16BrNO2. The molecule has 0 aliphatic rings. The predicted octanol–water partition coefficient (Wildman–Crippen LogP) is 3.91. The van der Waals surface area contributed by atoms with Crippen molar-refractivity contribution >= 4 is 27.9 Å². The van der Waals surface area contributed by atoms with E-state index in [1.54, 1.807) is 7.11 Å². The van der Waals surface area contributed by atoms with Crippen LogP contribution in [0.4, 0.5) is 5.69 Å². The molecule has 0 heterocycles. The number of rotatable bonds is 5. The van der Waals surface area contributed by atoms with Gasteiger partial charge in [-0.3, -0.25) is 4.79 Å². The molecule has 2 aromatic rings. The average molecular weight is 334 g/mol. The zero-order chi connectivity index (χ0) is 14.5. The molecule has 0 radical (unpaired) electrons. The van der Waals surface area contributed by atoms with Crippen molar-refractivity contribution in [3.63, 3.8) is 0 Å². The second-order valence-electron chi connectivity index (χ2n) is 4.53. The van der Waals surface area contributed by atoms with Gasteiger partial charge in [0.05, 0.1) is 7.11 Å². The Bertz CT molecular complexity index is 596. The molecule has 20 heavy (non-hydrogen) atoms. The number of aldehydes is 1. The maximum Gasteiger partial charge on any atom is 0.152 e. The summed E-state index contributed by atoms with van der Waals surface area (Å²) in [6.45, 7) is 0.723. The molecule has 4 heteroatoms. The number of benzene rings is 2. The third-order valence-corrected chi connectivity index (χ3v) is 3.60. The van der Waals surface area contributed by atoms with Gasteiger partial charge in [-0.25, -0.2) is 0 Å². The highest BCUT2D eigenvalue weighted by Crippen LogP contribution is 2.25. The van der Waals surface area contributed by atoms with E-state index in [1.165, 1.54) is 0 Å². The number of ether oxygens (including phenoxy) is 1. The van der Waals surface area contributed by atoms with Gasteiger partial charge in [-0.1, -0.05) is 28.1 Å². The van der Waals surface area contributed by atoms with E-state index in [1.807, 2.05) is 49.5 Å². The molecule has 0 N–H and O–H groups in total. The third kappa shape index (κ3) is 3.39. The zero-order valence-corrected chi connectivity index (χ0v) is 13.1. The minimum absolute atomic E-state index is 0.684. The van der Waals surface area contributed by atoms with E-state index in [0.717, 1.165) is 34.3 Å². The quantitative estimate of drug-likeness (QED) is 0.777. The van der Waals surface area contributed by atoms with Crippen LogP contribution >= 0.6 is 15.9 Å². The second-order valence-corrected chi connectivity index (χ2v) is 5.44.